The first-order valence-corrected chi connectivity index (χ1v) is 12.6. The Morgan fingerprint density at radius 3 is 2.06 bits per heavy atom. The Morgan fingerprint density at radius 2 is 1.50 bits per heavy atom. The summed E-state index contributed by atoms with van der Waals surface area (Å²) in [7, 11) is 1.52. The quantitative estimate of drug-likeness (QED) is 0.319. The van der Waals surface area contributed by atoms with Crippen LogP contribution in [0, 0.1) is 35.5 Å². The molecule has 4 aliphatic carbocycles. The molecule has 3 amide bonds. The zero-order valence-corrected chi connectivity index (χ0v) is 20.8. The minimum Gasteiger partial charge on any atom is -0.497 e. The lowest BCUT2D eigenvalue weighted by molar-refractivity contribution is -0.154. The maximum Gasteiger partial charge on any atom is 0.273 e. The zero-order chi connectivity index (χ0) is 25.3. The monoisotopic (exact) mass is 524 g/mol. The molecule has 1 heterocycles. The largest absolute Gasteiger partial charge is 0.497 e. The van der Waals surface area contributed by atoms with Gasteiger partial charge < -0.3 is 4.74 Å². The van der Waals surface area contributed by atoms with E-state index in [2.05, 4.69) is 12.2 Å². The maximum atomic E-state index is 13.7. The molecule has 9 heteroatoms. The van der Waals surface area contributed by atoms with Crippen molar-refractivity contribution in [1.82, 2.24) is 10.0 Å². The van der Waals surface area contributed by atoms with Gasteiger partial charge in [-0.1, -0.05) is 35.4 Å². The first kappa shape index (κ1) is 23.3. The molecule has 2 aromatic rings. The number of rotatable bonds is 6. The van der Waals surface area contributed by atoms with Crippen LogP contribution in [-0.4, -0.2) is 47.2 Å². The van der Waals surface area contributed by atoms with Gasteiger partial charge in [-0.3, -0.25) is 19.2 Å². The van der Waals surface area contributed by atoms with Crippen molar-refractivity contribution in [1.29, 1.82) is 0 Å². The molecule has 0 aromatic heterocycles. The molecule has 2 aromatic carbocycles. The van der Waals surface area contributed by atoms with Gasteiger partial charge in [0.1, 0.15) is 12.3 Å². The number of carbonyl (C=O) groups is 4. The van der Waals surface area contributed by atoms with Crippen LogP contribution in [0.4, 0.5) is 0 Å². The van der Waals surface area contributed by atoms with E-state index in [0.29, 0.717) is 23.1 Å². The summed E-state index contributed by atoms with van der Waals surface area (Å²) in [4.78, 5) is 54.4. The summed E-state index contributed by atoms with van der Waals surface area (Å²) in [6, 6.07) is 10.7. The van der Waals surface area contributed by atoms with Gasteiger partial charge in [0.05, 0.1) is 29.0 Å². The van der Waals surface area contributed by atoms with E-state index in [9.17, 15) is 19.2 Å². The second kappa shape index (κ2) is 8.46. The number of amides is 3. The average Bonchev–Trinajstić information content (AvgIpc) is 3.67. The van der Waals surface area contributed by atoms with Crippen LogP contribution in [0.3, 0.4) is 0 Å². The minimum atomic E-state index is -0.679. The predicted octanol–water partition coefficient (Wildman–Crippen LogP) is 4.30. The normalized spacial score (nSPS) is 29.1. The number of nitrogens with zero attached hydrogens (tertiary/aromatic N) is 2. The topological polar surface area (TPSA) is 84.0 Å². The van der Waals surface area contributed by atoms with E-state index in [-0.39, 0.29) is 27.4 Å². The Balaban J connectivity index is 1.36. The van der Waals surface area contributed by atoms with Crippen molar-refractivity contribution < 1.29 is 23.9 Å². The van der Waals surface area contributed by atoms with Crippen LogP contribution < -0.4 is 4.74 Å². The third-order valence-electron chi connectivity index (χ3n) is 7.99. The lowest BCUT2D eigenvalue weighted by atomic mass is 9.63. The van der Waals surface area contributed by atoms with E-state index >= 15 is 0 Å². The van der Waals surface area contributed by atoms with E-state index in [4.69, 9.17) is 27.9 Å². The predicted molar refractivity (Wildman–Crippen MR) is 131 cm³/mol. The number of benzene rings is 2. The molecule has 7 nitrogen and oxygen atoms in total. The Kier molecular flexibility index (Phi) is 5.46. The summed E-state index contributed by atoms with van der Waals surface area (Å²) in [5.74, 6) is -1.57. The molecule has 2 bridgehead atoms. The van der Waals surface area contributed by atoms with Crippen molar-refractivity contribution >= 4 is 46.7 Å². The molecule has 0 N–H and O–H groups in total. The van der Waals surface area contributed by atoms with Crippen molar-refractivity contribution in [3.05, 3.63) is 75.8 Å². The lowest BCUT2D eigenvalue weighted by Gasteiger charge is -2.37. The molecule has 5 aliphatic rings. The van der Waals surface area contributed by atoms with Gasteiger partial charge >= 0.3 is 0 Å². The number of ether oxygens (including phenoxy) is 1. The number of carbonyl (C=O) groups excluding carboxylic acids is 4. The molecule has 0 radical (unpaired) electrons. The summed E-state index contributed by atoms with van der Waals surface area (Å²) >= 11 is 12.2. The second-order valence-electron chi connectivity index (χ2n) is 9.79. The van der Waals surface area contributed by atoms with Gasteiger partial charge in [0, 0.05) is 11.1 Å². The lowest BCUT2D eigenvalue weighted by Crippen LogP contribution is -2.52. The fourth-order valence-electron chi connectivity index (χ4n) is 6.19. The standard InChI is InChI=1S/C27H22Cl2N2O5/c1-36-15-5-2-13(3-6-15)22(32)12-30(25(33)14-4-9-20(28)21(29)10-14)31-26(34)23-16-7-8-17(19-11-18(16)19)24(23)27(31)35/h2-10,16-19,23-24H,11-12H2,1H3/t16-,17-,18-,19+,23-,24+/m0/s1. The SMILES string of the molecule is COc1ccc(C(=O)CN(C(=O)c2ccc(Cl)c(Cl)c2)N2C(=O)[C@@H]3[C@H]4C=C[C@@H]([C@@H]5C[C@H]45)[C@@H]3C2=O)cc1. The Morgan fingerprint density at radius 1 is 0.917 bits per heavy atom. The highest BCUT2D eigenvalue weighted by atomic mass is 35.5. The number of ketones is 1. The Hall–Kier alpha value is -3.16. The van der Waals surface area contributed by atoms with Gasteiger partial charge in [0.2, 0.25) is 0 Å². The van der Waals surface area contributed by atoms with Crippen LogP contribution in [0.5, 0.6) is 5.75 Å². The van der Waals surface area contributed by atoms with Crippen molar-refractivity contribution in [2.45, 2.75) is 6.42 Å². The first-order chi connectivity index (χ1) is 17.3. The first-order valence-electron chi connectivity index (χ1n) is 11.8. The highest BCUT2D eigenvalue weighted by molar-refractivity contribution is 6.42. The third kappa shape index (κ3) is 3.48. The minimum absolute atomic E-state index is 0.00864. The Bertz CT molecular complexity index is 1300. The summed E-state index contributed by atoms with van der Waals surface area (Å²) < 4.78 is 5.15. The smallest absolute Gasteiger partial charge is 0.273 e. The molecule has 36 heavy (non-hydrogen) atoms. The summed E-state index contributed by atoms with van der Waals surface area (Å²) in [5, 5.41) is 2.30. The summed E-state index contributed by atoms with van der Waals surface area (Å²) in [6.07, 6.45) is 5.14. The molecule has 6 atom stereocenters. The molecule has 2 saturated carbocycles. The van der Waals surface area contributed by atoms with Crippen molar-refractivity contribution in [3.8, 4) is 5.75 Å². The van der Waals surface area contributed by atoms with Crippen molar-refractivity contribution in [2.24, 2.45) is 35.5 Å². The average molecular weight is 525 g/mol. The van der Waals surface area contributed by atoms with Crippen LogP contribution in [0.25, 0.3) is 0 Å². The highest BCUT2D eigenvalue weighted by Crippen LogP contribution is 2.65. The van der Waals surface area contributed by atoms with Crippen molar-refractivity contribution in [3.63, 3.8) is 0 Å². The molecular weight excluding hydrogens is 503 g/mol. The number of Topliss-reactive ketones (excluding diaryl/α,β-unsaturated/α-hetero) is 1. The van der Waals surface area contributed by atoms with Gasteiger partial charge in [0.15, 0.2) is 5.78 Å². The summed E-state index contributed by atoms with van der Waals surface area (Å²) in [6.45, 7) is -0.488. The van der Waals surface area contributed by atoms with Gasteiger partial charge in [0.25, 0.3) is 17.7 Å². The summed E-state index contributed by atoms with van der Waals surface area (Å²) in [5.41, 5.74) is 0.438. The van der Waals surface area contributed by atoms with Crippen LogP contribution in [-0.2, 0) is 9.59 Å². The fraction of sp³-hybridized carbons (Fsp3) is 0.333. The fourth-order valence-corrected chi connectivity index (χ4v) is 6.49. The molecule has 0 unspecified atom stereocenters. The number of hydrogen-bond donors (Lipinski definition) is 0. The van der Waals surface area contributed by atoms with E-state index < -0.39 is 41.9 Å². The van der Waals surface area contributed by atoms with Crippen LogP contribution >= 0.6 is 23.2 Å². The van der Waals surface area contributed by atoms with Crippen LogP contribution in [0.15, 0.2) is 54.6 Å². The number of halogens is 2. The number of hydrazine groups is 1. The maximum absolute atomic E-state index is 13.7. The molecule has 0 spiro atoms. The van der Waals surface area contributed by atoms with Gasteiger partial charge in [-0.25, -0.2) is 5.01 Å². The second-order valence-corrected chi connectivity index (χ2v) is 10.6. The van der Waals surface area contributed by atoms with E-state index in [1.54, 1.807) is 24.3 Å². The highest BCUT2D eigenvalue weighted by Gasteiger charge is 2.68. The number of methoxy groups -OCH3 is 1. The molecule has 3 fully saturated rings. The van der Waals surface area contributed by atoms with Gasteiger partial charge in [-0.2, -0.15) is 5.01 Å². The Labute approximate surface area is 217 Å². The van der Waals surface area contributed by atoms with Gasteiger partial charge in [-0.05, 0) is 72.6 Å². The number of imide groups is 1. The van der Waals surface area contributed by atoms with E-state index in [1.807, 2.05) is 0 Å². The van der Waals surface area contributed by atoms with Crippen LogP contribution in [0.2, 0.25) is 10.0 Å². The van der Waals surface area contributed by atoms with Crippen molar-refractivity contribution in [2.75, 3.05) is 13.7 Å². The van der Waals surface area contributed by atoms with Crippen LogP contribution in [0.1, 0.15) is 27.1 Å². The molecule has 1 saturated heterocycles. The molecule has 184 valence electrons. The molecule has 1 aliphatic heterocycles. The number of allylic oxidation sites excluding steroid dienone is 2. The van der Waals surface area contributed by atoms with E-state index in [1.165, 1.54) is 25.3 Å². The van der Waals surface area contributed by atoms with E-state index in [0.717, 1.165) is 16.4 Å². The molecule has 7 rings (SSSR count). The van der Waals surface area contributed by atoms with Gasteiger partial charge in [-0.15, -0.1) is 0 Å². The third-order valence-corrected chi connectivity index (χ3v) is 8.73. The zero-order valence-electron chi connectivity index (χ0n) is 19.3. The molecular formula is C27H22Cl2N2O5. The number of hydrogen-bond acceptors (Lipinski definition) is 5.